The molecule has 140 valence electrons. The molecule has 3 rings (SSSR count). The Morgan fingerprint density at radius 1 is 0.923 bits per heavy atom. The highest BCUT2D eigenvalue weighted by molar-refractivity contribution is 5.45. The highest BCUT2D eigenvalue weighted by Gasteiger charge is 2.44. The zero-order valence-corrected chi connectivity index (χ0v) is 14.5. The first kappa shape index (κ1) is 18.8. The third kappa shape index (κ3) is 3.60. The van der Waals surface area contributed by atoms with Crippen molar-refractivity contribution < 1.29 is 30.3 Å². The third-order valence-electron chi connectivity index (χ3n) is 4.86. The van der Waals surface area contributed by atoms with E-state index in [4.69, 9.17) is 4.74 Å². The lowest BCUT2D eigenvalue weighted by Crippen LogP contribution is -2.55. The summed E-state index contributed by atoms with van der Waals surface area (Å²) >= 11 is 0. The number of phenolic OH excluding ortho intramolecular Hbond substituents is 1. The van der Waals surface area contributed by atoms with Crippen LogP contribution in [0, 0.1) is 6.92 Å². The van der Waals surface area contributed by atoms with Crippen molar-refractivity contribution in [2.24, 2.45) is 0 Å². The standard InChI is InChI=1S/C20H24O6/c1-11-5-7-12(8-6-11)9-13-3-2-4-14(16(13)22)20-19(25)18(24)17(23)15(10-21)26-20/h2-8,15,17-25H,9-10H2,1H3/t15-,17-,18+,19-,20+/m1/s1. The summed E-state index contributed by atoms with van der Waals surface area (Å²) in [5, 5.41) is 50.2. The van der Waals surface area contributed by atoms with Crippen LogP contribution in [0.1, 0.15) is 28.4 Å². The molecule has 0 aliphatic carbocycles. The van der Waals surface area contributed by atoms with Gasteiger partial charge in [-0.2, -0.15) is 0 Å². The lowest BCUT2D eigenvalue weighted by atomic mass is 9.89. The predicted octanol–water partition coefficient (Wildman–Crippen LogP) is 0.806. The lowest BCUT2D eigenvalue weighted by Gasteiger charge is -2.40. The van der Waals surface area contributed by atoms with E-state index in [1.54, 1.807) is 18.2 Å². The highest BCUT2D eigenvalue weighted by Crippen LogP contribution is 2.38. The molecule has 0 bridgehead atoms. The Morgan fingerprint density at radius 3 is 2.27 bits per heavy atom. The zero-order valence-electron chi connectivity index (χ0n) is 14.5. The zero-order chi connectivity index (χ0) is 18.8. The molecular formula is C20H24O6. The molecule has 26 heavy (non-hydrogen) atoms. The van der Waals surface area contributed by atoms with Gasteiger partial charge in [-0.15, -0.1) is 0 Å². The second-order valence-electron chi connectivity index (χ2n) is 6.77. The Hall–Kier alpha value is -1.96. The van der Waals surface area contributed by atoms with E-state index in [9.17, 15) is 25.5 Å². The molecule has 5 atom stereocenters. The van der Waals surface area contributed by atoms with E-state index in [2.05, 4.69) is 0 Å². The van der Waals surface area contributed by atoms with Gasteiger partial charge < -0.3 is 30.3 Å². The lowest BCUT2D eigenvalue weighted by molar-refractivity contribution is -0.232. The van der Waals surface area contributed by atoms with E-state index in [-0.39, 0.29) is 5.75 Å². The van der Waals surface area contributed by atoms with Crippen LogP contribution in [0.15, 0.2) is 42.5 Å². The average molecular weight is 360 g/mol. The minimum absolute atomic E-state index is 0.0302. The van der Waals surface area contributed by atoms with Crippen molar-refractivity contribution in [1.82, 2.24) is 0 Å². The maximum Gasteiger partial charge on any atom is 0.125 e. The molecule has 6 nitrogen and oxygen atoms in total. The van der Waals surface area contributed by atoms with Gasteiger partial charge in [0.25, 0.3) is 0 Å². The Balaban J connectivity index is 1.89. The largest absolute Gasteiger partial charge is 0.507 e. The van der Waals surface area contributed by atoms with E-state index in [1.165, 1.54) is 0 Å². The summed E-state index contributed by atoms with van der Waals surface area (Å²) in [6.07, 6.45) is -5.90. The van der Waals surface area contributed by atoms with Crippen LogP contribution in [0.25, 0.3) is 0 Å². The average Bonchev–Trinajstić information content (AvgIpc) is 2.64. The molecule has 2 aromatic rings. The van der Waals surface area contributed by atoms with Crippen molar-refractivity contribution in [3.63, 3.8) is 0 Å². The van der Waals surface area contributed by atoms with Crippen LogP contribution in [-0.4, -0.2) is 56.6 Å². The molecule has 2 aromatic carbocycles. The summed E-state index contributed by atoms with van der Waals surface area (Å²) in [4.78, 5) is 0. The Bertz CT molecular complexity index is 742. The number of aryl methyl sites for hydroxylation is 1. The second kappa shape index (κ2) is 7.73. The number of aliphatic hydroxyl groups excluding tert-OH is 4. The first-order valence-electron chi connectivity index (χ1n) is 8.59. The van der Waals surface area contributed by atoms with Crippen molar-refractivity contribution in [2.45, 2.75) is 43.9 Å². The number of benzene rings is 2. The quantitative estimate of drug-likeness (QED) is 0.552. The molecule has 1 aliphatic rings. The summed E-state index contributed by atoms with van der Waals surface area (Å²) in [5.74, 6) is -0.0302. The van der Waals surface area contributed by atoms with Crippen molar-refractivity contribution in [3.05, 3.63) is 64.7 Å². The number of para-hydroxylation sites is 1. The molecular weight excluding hydrogens is 336 g/mol. The van der Waals surface area contributed by atoms with Crippen LogP contribution in [0.2, 0.25) is 0 Å². The Kier molecular flexibility index (Phi) is 5.60. The molecule has 0 radical (unpaired) electrons. The number of aliphatic hydroxyl groups is 4. The van der Waals surface area contributed by atoms with E-state index in [1.807, 2.05) is 31.2 Å². The van der Waals surface area contributed by atoms with Crippen molar-refractivity contribution >= 4 is 0 Å². The van der Waals surface area contributed by atoms with Gasteiger partial charge in [-0.1, -0.05) is 48.0 Å². The Labute approximate surface area is 151 Å². The first-order valence-corrected chi connectivity index (χ1v) is 8.59. The number of hydrogen-bond donors (Lipinski definition) is 5. The summed E-state index contributed by atoms with van der Waals surface area (Å²) in [6.45, 7) is 1.49. The number of hydrogen-bond acceptors (Lipinski definition) is 6. The van der Waals surface area contributed by atoms with Crippen LogP contribution in [0.3, 0.4) is 0 Å². The summed E-state index contributed by atoms with van der Waals surface area (Å²) in [7, 11) is 0. The summed E-state index contributed by atoms with van der Waals surface area (Å²) in [6, 6.07) is 13.1. The molecule has 5 N–H and O–H groups in total. The smallest absolute Gasteiger partial charge is 0.125 e. The molecule has 0 spiro atoms. The minimum Gasteiger partial charge on any atom is -0.507 e. The molecule has 1 saturated heterocycles. The maximum atomic E-state index is 10.7. The minimum atomic E-state index is -1.48. The summed E-state index contributed by atoms with van der Waals surface area (Å²) < 4.78 is 5.55. The van der Waals surface area contributed by atoms with Crippen LogP contribution in [0.5, 0.6) is 5.75 Å². The van der Waals surface area contributed by atoms with Gasteiger partial charge in [0.1, 0.15) is 36.3 Å². The van der Waals surface area contributed by atoms with E-state index in [0.717, 1.165) is 11.1 Å². The topological polar surface area (TPSA) is 110 Å². The highest BCUT2D eigenvalue weighted by atomic mass is 16.5. The van der Waals surface area contributed by atoms with Gasteiger partial charge in [-0.3, -0.25) is 0 Å². The monoisotopic (exact) mass is 360 g/mol. The second-order valence-corrected chi connectivity index (χ2v) is 6.77. The number of aromatic hydroxyl groups is 1. The fraction of sp³-hybridized carbons (Fsp3) is 0.400. The van der Waals surface area contributed by atoms with Gasteiger partial charge >= 0.3 is 0 Å². The third-order valence-corrected chi connectivity index (χ3v) is 4.86. The van der Waals surface area contributed by atoms with Crippen molar-refractivity contribution in [1.29, 1.82) is 0 Å². The van der Waals surface area contributed by atoms with Crippen molar-refractivity contribution in [3.8, 4) is 5.75 Å². The van der Waals surface area contributed by atoms with E-state index in [0.29, 0.717) is 17.5 Å². The fourth-order valence-electron chi connectivity index (χ4n) is 3.27. The Morgan fingerprint density at radius 2 is 1.62 bits per heavy atom. The molecule has 0 aromatic heterocycles. The first-order chi connectivity index (χ1) is 12.4. The van der Waals surface area contributed by atoms with Crippen LogP contribution < -0.4 is 0 Å². The SMILES string of the molecule is Cc1ccc(Cc2cccc([C@@H]3O[C@H](CO)[C@@H](O)[C@H](O)[C@H]3O)c2O)cc1. The van der Waals surface area contributed by atoms with Crippen LogP contribution in [0.4, 0.5) is 0 Å². The molecule has 0 amide bonds. The van der Waals surface area contributed by atoms with E-state index < -0.39 is 37.1 Å². The maximum absolute atomic E-state index is 10.7. The van der Waals surface area contributed by atoms with Gasteiger partial charge in [0.2, 0.25) is 0 Å². The molecule has 0 saturated carbocycles. The molecule has 0 unspecified atom stereocenters. The fourth-order valence-corrected chi connectivity index (χ4v) is 3.27. The number of ether oxygens (including phenoxy) is 1. The molecule has 1 heterocycles. The predicted molar refractivity (Wildman–Crippen MR) is 94.8 cm³/mol. The summed E-state index contributed by atoms with van der Waals surface area (Å²) in [5.41, 5.74) is 3.14. The van der Waals surface area contributed by atoms with Gasteiger partial charge in [0.15, 0.2) is 0 Å². The molecule has 1 fully saturated rings. The van der Waals surface area contributed by atoms with Crippen LogP contribution in [-0.2, 0) is 11.2 Å². The normalized spacial score (nSPS) is 28.9. The number of phenols is 1. The molecule has 6 heteroatoms. The molecule has 1 aliphatic heterocycles. The van der Waals surface area contributed by atoms with Crippen LogP contribution >= 0.6 is 0 Å². The van der Waals surface area contributed by atoms with E-state index >= 15 is 0 Å². The van der Waals surface area contributed by atoms with Gasteiger partial charge in [-0.05, 0) is 18.1 Å². The number of rotatable bonds is 4. The van der Waals surface area contributed by atoms with Gasteiger partial charge in [0.05, 0.1) is 6.61 Å². The van der Waals surface area contributed by atoms with Gasteiger partial charge in [-0.25, -0.2) is 0 Å². The van der Waals surface area contributed by atoms with Crippen molar-refractivity contribution in [2.75, 3.05) is 6.61 Å². The van der Waals surface area contributed by atoms with Gasteiger partial charge in [0, 0.05) is 12.0 Å².